The Kier molecular flexibility index (Phi) is 2.50. The minimum atomic E-state index is -0.434. The number of hydrogen-bond donors (Lipinski definition) is 1. The summed E-state index contributed by atoms with van der Waals surface area (Å²) in [5.41, 5.74) is 6.07. The van der Waals surface area contributed by atoms with Crippen molar-refractivity contribution in [2.24, 2.45) is 0 Å². The molecule has 0 aromatic heterocycles. The predicted octanol–water partition coefficient (Wildman–Crippen LogP) is 1.41. The van der Waals surface area contributed by atoms with E-state index in [-0.39, 0.29) is 5.69 Å². The zero-order chi connectivity index (χ0) is 9.14. The maximum Gasteiger partial charge on any atom is 0.148 e. The lowest BCUT2D eigenvalue weighted by molar-refractivity contribution is 0.184. The van der Waals surface area contributed by atoms with Crippen molar-refractivity contribution >= 4 is 11.4 Å². The second-order valence-corrected chi connectivity index (χ2v) is 2.39. The van der Waals surface area contributed by atoms with Crippen LogP contribution in [0.25, 0.3) is 0 Å². The lowest BCUT2D eigenvalue weighted by Gasteiger charge is -2.15. The Morgan fingerprint density at radius 3 is 2.67 bits per heavy atom. The van der Waals surface area contributed by atoms with Crippen LogP contribution >= 0.6 is 0 Å². The fourth-order valence-corrected chi connectivity index (χ4v) is 0.817. The van der Waals surface area contributed by atoms with E-state index in [0.29, 0.717) is 5.69 Å². The third-order valence-corrected chi connectivity index (χ3v) is 1.62. The smallest absolute Gasteiger partial charge is 0.148 e. The van der Waals surface area contributed by atoms with E-state index < -0.39 is 5.82 Å². The van der Waals surface area contributed by atoms with Crippen LogP contribution in [-0.4, -0.2) is 14.2 Å². The van der Waals surface area contributed by atoms with Crippen LogP contribution in [0.1, 0.15) is 0 Å². The van der Waals surface area contributed by atoms with E-state index in [1.807, 2.05) is 0 Å². The highest BCUT2D eigenvalue weighted by Gasteiger charge is 2.02. The first-order chi connectivity index (χ1) is 5.65. The number of benzene rings is 1. The van der Waals surface area contributed by atoms with Crippen LogP contribution in [-0.2, 0) is 4.84 Å². The Bertz CT molecular complexity index is 278. The van der Waals surface area contributed by atoms with Gasteiger partial charge in [0.2, 0.25) is 0 Å². The molecular weight excluding hydrogens is 159 g/mol. The zero-order valence-electron chi connectivity index (χ0n) is 7.04. The van der Waals surface area contributed by atoms with Crippen molar-refractivity contribution in [1.29, 1.82) is 0 Å². The summed E-state index contributed by atoms with van der Waals surface area (Å²) in [6, 6.07) is 4.50. The first kappa shape index (κ1) is 8.80. The van der Waals surface area contributed by atoms with Gasteiger partial charge in [0.25, 0.3) is 0 Å². The number of hydrogen-bond acceptors (Lipinski definition) is 3. The van der Waals surface area contributed by atoms with E-state index >= 15 is 0 Å². The van der Waals surface area contributed by atoms with Crippen molar-refractivity contribution in [2.75, 3.05) is 25.0 Å². The van der Waals surface area contributed by atoms with Gasteiger partial charge >= 0.3 is 0 Å². The quantitative estimate of drug-likeness (QED) is 0.538. The van der Waals surface area contributed by atoms with Gasteiger partial charge in [-0.3, -0.25) is 9.90 Å². The molecule has 66 valence electrons. The molecule has 1 rings (SSSR count). The molecule has 0 aliphatic heterocycles. The van der Waals surface area contributed by atoms with E-state index in [2.05, 4.69) is 0 Å². The maximum atomic E-state index is 12.9. The van der Waals surface area contributed by atoms with E-state index in [9.17, 15) is 4.39 Å². The lowest BCUT2D eigenvalue weighted by atomic mass is 10.3. The molecule has 0 radical (unpaired) electrons. The van der Waals surface area contributed by atoms with E-state index in [1.165, 1.54) is 24.3 Å². The Balaban J connectivity index is 2.96. The number of hydroxylamine groups is 1. The van der Waals surface area contributed by atoms with Crippen LogP contribution in [0.5, 0.6) is 0 Å². The summed E-state index contributed by atoms with van der Waals surface area (Å²) in [5, 5.41) is 1.45. The van der Waals surface area contributed by atoms with Gasteiger partial charge in [0.15, 0.2) is 0 Å². The van der Waals surface area contributed by atoms with Gasteiger partial charge in [0.05, 0.1) is 18.5 Å². The van der Waals surface area contributed by atoms with Gasteiger partial charge in [-0.05, 0) is 12.1 Å². The van der Waals surface area contributed by atoms with Crippen molar-refractivity contribution in [3.8, 4) is 0 Å². The molecule has 1 aromatic carbocycles. The first-order valence-corrected chi connectivity index (χ1v) is 3.48. The van der Waals surface area contributed by atoms with E-state index in [0.717, 1.165) is 0 Å². The standard InChI is InChI=1S/C8H11FN2O/c1-11(12-2)6-3-4-8(10)7(9)5-6/h3-5H,10H2,1-2H3. The van der Waals surface area contributed by atoms with Gasteiger partial charge in [0.1, 0.15) is 5.82 Å². The predicted molar refractivity (Wildman–Crippen MR) is 46.2 cm³/mol. The van der Waals surface area contributed by atoms with Crippen LogP contribution in [0.15, 0.2) is 18.2 Å². The van der Waals surface area contributed by atoms with Crippen molar-refractivity contribution in [3.63, 3.8) is 0 Å². The average molecular weight is 170 g/mol. The monoisotopic (exact) mass is 170 g/mol. The molecule has 0 saturated heterocycles. The molecule has 0 aliphatic rings. The van der Waals surface area contributed by atoms with Crippen molar-refractivity contribution < 1.29 is 9.23 Å². The highest BCUT2D eigenvalue weighted by atomic mass is 19.1. The summed E-state index contributed by atoms with van der Waals surface area (Å²) in [5.74, 6) is -0.434. The third kappa shape index (κ3) is 1.65. The third-order valence-electron chi connectivity index (χ3n) is 1.62. The number of rotatable bonds is 2. The van der Waals surface area contributed by atoms with Gasteiger partial charge < -0.3 is 5.73 Å². The molecule has 0 fully saturated rings. The van der Waals surface area contributed by atoms with Crippen molar-refractivity contribution in [2.45, 2.75) is 0 Å². The molecule has 0 amide bonds. The molecule has 0 spiro atoms. The largest absolute Gasteiger partial charge is 0.396 e. The summed E-state index contributed by atoms with van der Waals surface area (Å²) in [6.07, 6.45) is 0. The van der Waals surface area contributed by atoms with E-state index in [1.54, 1.807) is 13.1 Å². The molecule has 12 heavy (non-hydrogen) atoms. The molecular formula is C8H11FN2O. The second kappa shape index (κ2) is 3.40. The summed E-state index contributed by atoms with van der Waals surface area (Å²) in [7, 11) is 3.19. The molecule has 2 N–H and O–H groups in total. The minimum absolute atomic E-state index is 0.142. The minimum Gasteiger partial charge on any atom is -0.396 e. The van der Waals surface area contributed by atoms with Gasteiger partial charge in [-0.15, -0.1) is 0 Å². The van der Waals surface area contributed by atoms with Gasteiger partial charge in [-0.2, -0.15) is 0 Å². The second-order valence-electron chi connectivity index (χ2n) is 2.39. The first-order valence-electron chi connectivity index (χ1n) is 3.48. The fourth-order valence-electron chi connectivity index (χ4n) is 0.817. The van der Waals surface area contributed by atoms with Crippen molar-refractivity contribution in [3.05, 3.63) is 24.0 Å². The lowest BCUT2D eigenvalue weighted by Crippen LogP contribution is -2.14. The molecule has 4 heteroatoms. The van der Waals surface area contributed by atoms with Crippen LogP contribution in [0.4, 0.5) is 15.8 Å². The Hall–Kier alpha value is -1.29. The van der Waals surface area contributed by atoms with Crippen molar-refractivity contribution in [1.82, 2.24) is 0 Å². The van der Waals surface area contributed by atoms with Gasteiger partial charge in [0, 0.05) is 13.1 Å². The SMILES string of the molecule is CON(C)c1ccc(N)c(F)c1. The van der Waals surface area contributed by atoms with Crippen LogP contribution < -0.4 is 10.8 Å². The van der Waals surface area contributed by atoms with Gasteiger partial charge in [-0.25, -0.2) is 4.39 Å². The number of nitrogens with two attached hydrogens (primary N) is 1. The summed E-state index contributed by atoms with van der Waals surface area (Å²) in [4.78, 5) is 4.86. The van der Waals surface area contributed by atoms with Crippen LogP contribution in [0.3, 0.4) is 0 Å². The fraction of sp³-hybridized carbons (Fsp3) is 0.250. The van der Waals surface area contributed by atoms with Crippen LogP contribution in [0, 0.1) is 5.82 Å². The molecule has 0 bridgehead atoms. The Labute approximate surface area is 70.5 Å². The highest BCUT2D eigenvalue weighted by Crippen LogP contribution is 2.18. The maximum absolute atomic E-state index is 12.9. The van der Waals surface area contributed by atoms with Crippen LogP contribution in [0.2, 0.25) is 0 Å². The molecule has 0 heterocycles. The average Bonchev–Trinajstić information content (AvgIpc) is 2.08. The summed E-state index contributed by atoms with van der Waals surface area (Å²) < 4.78 is 12.9. The number of nitrogen functional groups attached to an aromatic ring is 1. The molecule has 0 saturated carbocycles. The molecule has 0 aliphatic carbocycles. The normalized spacial score (nSPS) is 9.92. The zero-order valence-corrected chi connectivity index (χ0v) is 7.04. The Morgan fingerprint density at radius 2 is 2.17 bits per heavy atom. The topological polar surface area (TPSA) is 38.5 Å². The molecule has 0 unspecified atom stereocenters. The number of halogens is 1. The van der Waals surface area contributed by atoms with Gasteiger partial charge in [-0.1, -0.05) is 0 Å². The Morgan fingerprint density at radius 1 is 1.50 bits per heavy atom. The van der Waals surface area contributed by atoms with E-state index in [4.69, 9.17) is 10.6 Å². The summed E-state index contributed by atoms with van der Waals surface area (Å²) in [6.45, 7) is 0. The molecule has 0 atom stereocenters. The molecule has 3 nitrogen and oxygen atoms in total. The number of nitrogens with zero attached hydrogens (tertiary/aromatic N) is 1. The highest BCUT2D eigenvalue weighted by molar-refractivity contribution is 5.52. The summed E-state index contributed by atoms with van der Waals surface area (Å²) >= 11 is 0. The molecule has 1 aromatic rings. The number of anilines is 2.